The molecule has 8 heteroatoms. The number of aromatic nitrogens is 3. The summed E-state index contributed by atoms with van der Waals surface area (Å²) in [4.78, 5) is 29.7. The van der Waals surface area contributed by atoms with E-state index in [1.807, 2.05) is 20.0 Å². The molecule has 0 aromatic carbocycles. The van der Waals surface area contributed by atoms with Crippen LogP contribution in [0.2, 0.25) is 0 Å². The molecule has 0 saturated heterocycles. The number of nitrogens with one attached hydrogen (secondary N) is 2. The molecule has 1 aliphatic rings. The van der Waals surface area contributed by atoms with Crippen LogP contribution in [0.15, 0.2) is 18.3 Å². The summed E-state index contributed by atoms with van der Waals surface area (Å²) in [5.41, 5.74) is 2.82. The molecule has 3 rings (SSSR count). The molecule has 2 amide bonds. The summed E-state index contributed by atoms with van der Waals surface area (Å²) in [6.07, 6.45) is 1.50. The summed E-state index contributed by atoms with van der Waals surface area (Å²) in [5, 5.41) is 10.0. The molecule has 23 heavy (non-hydrogen) atoms. The Morgan fingerprint density at radius 2 is 2.17 bits per heavy atom. The first-order chi connectivity index (χ1) is 11.0. The topological polar surface area (TPSA) is 92.1 Å². The highest BCUT2D eigenvalue weighted by atomic mass is 16.2. The monoisotopic (exact) mass is 314 g/mol. The minimum atomic E-state index is -0.245. The van der Waals surface area contributed by atoms with Gasteiger partial charge in [-0.3, -0.25) is 14.3 Å². The SMILES string of the molecule is Cc1cc(CNC(=O)c2cnc3c(c2)N(C)C(=O)CN3)n(C)n1. The lowest BCUT2D eigenvalue weighted by molar-refractivity contribution is -0.116. The van der Waals surface area contributed by atoms with Crippen molar-refractivity contribution in [3.63, 3.8) is 0 Å². The van der Waals surface area contributed by atoms with Gasteiger partial charge in [0.15, 0.2) is 0 Å². The molecule has 0 bridgehead atoms. The van der Waals surface area contributed by atoms with E-state index in [4.69, 9.17) is 0 Å². The van der Waals surface area contributed by atoms with Crippen LogP contribution in [0, 0.1) is 6.92 Å². The smallest absolute Gasteiger partial charge is 0.253 e. The molecule has 0 saturated carbocycles. The van der Waals surface area contributed by atoms with Gasteiger partial charge in [-0.2, -0.15) is 5.10 Å². The van der Waals surface area contributed by atoms with Crippen LogP contribution < -0.4 is 15.5 Å². The largest absolute Gasteiger partial charge is 0.359 e. The van der Waals surface area contributed by atoms with E-state index in [2.05, 4.69) is 20.7 Å². The minimum Gasteiger partial charge on any atom is -0.359 e. The molecular weight excluding hydrogens is 296 g/mol. The molecule has 120 valence electrons. The fraction of sp³-hybridized carbons (Fsp3) is 0.333. The fourth-order valence-electron chi connectivity index (χ4n) is 2.48. The van der Waals surface area contributed by atoms with E-state index in [9.17, 15) is 9.59 Å². The third-order valence-electron chi connectivity index (χ3n) is 3.80. The number of hydrogen-bond acceptors (Lipinski definition) is 5. The van der Waals surface area contributed by atoms with Gasteiger partial charge in [0.25, 0.3) is 5.91 Å². The summed E-state index contributed by atoms with van der Waals surface area (Å²) in [7, 11) is 3.50. The molecule has 2 aromatic rings. The highest BCUT2D eigenvalue weighted by Gasteiger charge is 2.22. The van der Waals surface area contributed by atoms with Crippen molar-refractivity contribution in [3.05, 3.63) is 35.3 Å². The molecule has 0 spiro atoms. The second-order valence-corrected chi connectivity index (χ2v) is 5.48. The Kier molecular flexibility index (Phi) is 3.73. The molecule has 8 nitrogen and oxygen atoms in total. The van der Waals surface area contributed by atoms with E-state index in [-0.39, 0.29) is 18.4 Å². The van der Waals surface area contributed by atoms with Crippen molar-refractivity contribution in [1.29, 1.82) is 0 Å². The zero-order chi connectivity index (χ0) is 16.6. The van der Waals surface area contributed by atoms with Crippen LogP contribution in [0.4, 0.5) is 11.5 Å². The van der Waals surface area contributed by atoms with Crippen LogP contribution in [0.3, 0.4) is 0 Å². The van der Waals surface area contributed by atoms with Gasteiger partial charge in [-0.15, -0.1) is 0 Å². The van der Waals surface area contributed by atoms with Gasteiger partial charge in [-0.25, -0.2) is 4.98 Å². The molecule has 0 radical (unpaired) electrons. The number of fused-ring (bicyclic) bond motifs is 1. The summed E-state index contributed by atoms with van der Waals surface area (Å²) in [5.74, 6) is 0.290. The van der Waals surface area contributed by atoms with Gasteiger partial charge < -0.3 is 15.5 Å². The van der Waals surface area contributed by atoms with Crippen LogP contribution in [-0.2, 0) is 18.4 Å². The molecule has 0 aliphatic carbocycles. The molecule has 0 atom stereocenters. The molecule has 2 N–H and O–H groups in total. The molecule has 3 heterocycles. The second-order valence-electron chi connectivity index (χ2n) is 5.48. The number of aryl methyl sites for hydroxylation is 2. The number of carbonyl (C=O) groups is 2. The summed E-state index contributed by atoms with van der Waals surface area (Å²) >= 11 is 0. The Hall–Kier alpha value is -2.90. The van der Waals surface area contributed by atoms with Crippen molar-refractivity contribution in [1.82, 2.24) is 20.1 Å². The Balaban J connectivity index is 1.75. The van der Waals surface area contributed by atoms with Crippen LogP contribution in [0.25, 0.3) is 0 Å². The lowest BCUT2D eigenvalue weighted by Gasteiger charge is -2.26. The van der Waals surface area contributed by atoms with Gasteiger partial charge >= 0.3 is 0 Å². The van der Waals surface area contributed by atoms with Crippen molar-refractivity contribution >= 4 is 23.3 Å². The van der Waals surface area contributed by atoms with Crippen LogP contribution in [-0.4, -0.2) is 40.2 Å². The maximum absolute atomic E-state index is 12.3. The van der Waals surface area contributed by atoms with E-state index < -0.39 is 0 Å². The van der Waals surface area contributed by atoms with Crippen LogP contribution in [0.1, 0.15) is 21.7 Å². The number of anilines is 2. The third kappa shape index (κ3) is 2.87. The number of likely N-dealkylation sites (N-methyl/N-ethyl adjacent to an activating group) is 1. The molecule has 0 fully saturated rings. The van der Waals surface area contributed by atoms with Gasteiger partial charge in [0.2, 0.25) is 5.91 Å². The Morgan fingerprint density at radius 1 is 1.39 bits per heavy atom. The van der Waals surface area contributed by atoms with Crippen LogP contribution >= 0.6 is 0 Å². The predicted octanol–water partition coefficient (Wildman–Crippen LogP) is 0.442. The van der Waals surface area contributed by atoms with Gasteiger partial charge in [0.1, 0.15) is 5.82 Å². The van der Waals surface area contributed by atoms with Gasteiger partial charge in [0, 0.05) is 20.3 Å². The summed E-state index contributed by atoms with van der Waals surface area (Å²) < 4.78 is 1.73. The van der Waals surface area contributed by atoms with Crippen LogP contribution in [0.5, 0.6) is 0 Å². The molecule has 1 aliphatic heterocycles. The second kappa shape index (κ2) is 5.71. The lowest BCUT2D eigenvalue weighted by Crippen LogP contribution is -2.37. The van der Waals surface area contributed by atoms with Crippen molar-refractivity contribution < 1.29 is 9.59 Å². The van der Waals surface area contributed by atoms with E-state index in [1.165, 1.54) is 11.1 Å². The van der Waals surface area contributed by atoms with Crippen molar-refractivity contribution in [3.8, 4) is 0 Å². The highest BCUT2D eigenvalue weighted by Crippen LogP contribution is 2.26. The number of hydrogen-bond donors (Lipinski definition) is 2. The molecular formula is C15H18N6O2. The molecule has 2 aromatic heterocycles. The average Bonchev–Trinajstić information content (AvgIpc) is 2.86. The maximum atomic E-state index is 12.3. The van der Waals surface area contributed by atoms with E-state index >= 15 is 0 Å². The van der Waals surface area contributed by atoms with Crippen molar-refractivity contribution in [2.24, 2.45) is 7.05 Å². The number of carbonyl (C=O) groups excluding carboxylic acids is 2. The number of nitrogens with zero attached hydrogens (tertiary/aromatic N) is 4. The third-order valence-corrected chi connectivity index (χ3v) is 3.80. The summed E-state index contributed by atoms with van der Waals surface area (Å²) in [6, 6.07) is 3.58. The standard InChI is InChI=1S/C15H18N6O2/c1-9-4-11(21(3)19-9)7-18-15(23)10-5-12-14(16-6-10)17-8-13(22)20(12)2/h4-6H,7-8H2,1-3H3,(H,16,17)(H,18,23). The van der Waals surface area contributed by atoms with Gasteiger partial charge in [-0.05, 0) is 19.1 Å². The first-order valence-electron chi connectivity index (χ1n) is 7.24. The number of rotatable bonds is 3. The van der Waals surface area contributed by atoms with Crippen molar-refractivity contribution in [2.45, 2.75) is 13.5 Å². The average molecular weight is 314 g/mol. The zero-order valence-electron chi connectivity index (χ0n) is 13.3. The number of pyridine rings is 1. The Labute approximate surface area is 133 Å². The zero-order valence-corrected chi connectivity index (χ0v) is 13.3. The lowest BCUT2D eigenvalue weighted by atomic mass is 10.2. The minimum absolute atomic E-state index is 0.0674. The summed E-state index contributed by atoms with van der Waals surface area (Å²) in [6.45, 7) is 2.49. The quantitative estimate of drug-likeness (QED) is 0.858. The normalized spacial score (nSPS) is 13.5. The first-order valence-corrected chi connectivity index (χ1v) is 7.24. The van der Waals surface area contributed by atoms with Gasteiger partial charge in [-0.1, -0.05) is 0 Å². The van der Waals surface area contributed by atoms with E-state index in [1.54, 1.807) is 17.8 Å². The first kappa shape index (κ1) is 15.0. The highest BCUT2D eigenvalue weighted by molar-refractivity contribution is 6.03. The van der Waals surface area contributed by atoms with E-state index in [0.29, 0.717) is 23.6 Å². The Morgan fingerprint density at radius 3 is 2.87 bits per heavy atom. The number of amides is 2. The maximum Gasteiger partial charge on any atom is 0.253 e. The van der Waals surface area contributed by atoms with Crippen molar-refractivity contribution in [2.75, 3.05) is 23.8 Å². The predicted molar refractivity (Wildman–Crippen MR) is 85.3 cm³/mol. The fourth-order valence-corrected chi connectivity index (χ4v) is 2.48. The van der Waals surface area contributed by atoms with E-state index in [0.717, 1.165) is 11.4 Å². The van der Waals surface area contributed by atoms with Gasteiger partial charge in [0.05, 0.1) is 35.7 Å². The Bertz CT molecular complexity index is 782. The molecule has 0 unspecified atom stereocenters.